The Morgan fingerprint density at radius 2 is 1.95 bits per heavy atom. The van der Waals surface area contributed by atoms with Crippen molar-refractivity contribution in [3.63, 3.8) is 0 Å². The zero-order valence-corrected chi connectivity index (χ0v) is 11.7. The molecular formula is C18H23N. The van der Waals surface area contributed by atoms with E-state index in [2.05, 4.69) is 61.3 Å². The summed E-state index contributed by atoms with van der Waals surface area (Å²) in [6.45, 7) is 7.15. The van der Waals surface area contributed by atoms with Gasteiger partial charge in [0.25, 0.3) is 0 Å². The Morgan fingerprint density at radius 1 is 1.16 bits per heavy atom. The summed E-state index contributed by atoms with van der Waals surface area (Å²) >= 11 is 0. The molecule has 0 bridgehead atoms. The third kappa shape index (κ3) is 3.68. The number of hydrogen-bond acceptors (Lipinski definition) is 1. The minimum absolute atomic E-state index is 0.489. The number of rotatable bonds is 7. The van der Waals surface area contributed by atoms with E-state index in [0.29, 0.717) is 6.04 Å². The molecule has 0 aliphatic rings. The van der Waals surface area contributed by atoms with E-state index in [4.69, 9.17) is 0 Å². The van der Waals surface area contributed by atoms with Crippen LogP contribution in [0.4, 0.5) is 0 Å². The number of nitrogens with one attached hydrogen (secondary N) is 1. The third-order valence-corrected chi connectivity index (χ3v) is 3.48. The minimum atomic E-state index is 0.489. The molecule has 0 saturated carbocycles. The summed E-state index contributed by atoms with van der Waals surface area (Å²) < 4.78 is 0. The molecule has 0 amide bonds. The Labute approximate surface area is 116 Å². The first-order valence-corrected chi connectivity index (χ1v) is 7.16. The van der Waals surface area contributed by atoms with Gasteiger partial charge in [-0.05, 0) is 42.1 Å². The van der Waals surface area contributed by atoms with Crippen LogP contribution in [0, 0.1) is 0 Å². The van der Waals surface area contributed by atoms with Crippen LogP contribution < -0.4 is 5.32 Å². The molecule has 1 nitrogen and oxygen atoms in total. The van der Waals surface area contributed by atoms with Crippen LogP contribution in [0.15, 0.2) is 55.1 Å². The van der Waals surface area contributed by atoms with Gasteiger partial charge in [0.1, 0.15) is 0 Å². The number of benzene rings is 2. The fraction of sp³-hybridized carbons (Fsp3) is 0.333. The third-order valence-electron chi connectivity index (χ3n) is 3.48. The maximum absolute atomic E-state index is 3.87. The fourth-order valence-electron chi connectivity index (χ4n) is 2.52. The van der Waals surface area contributed by atoms with Gasteiger partial charge in [-0.25, -0.2) is 0 Å². The molecule has 19 heavy (non-hydrogen) atoms. The van der Waals surface area contributed by atoms with E-state index in [1.54, 1.807) is 0 Å². The first-order valence-electron chi connectivity index (χ1n) is 7.16. The average molecular weight is 253 g/mol. The molecule has 0 radical (unpaired) electrons. The van der Waals surface area contributed by atoms with Crippen LogP contribution in [-0.2, 0) is 6.42 Å². The quantitative estimate of drug-likeness (QED) is 0.724. The van der Waals surface area contributed by atoms with E-state index in [1.165, 1.54) is 22.8 Å². The van der Waals surface area contributed by atoms with Gasteiger partial charge in [-0.3, -0.25) is 0 Å². The second-order valence-corrected chi connectivity index (χ2v) is 5.02. The van der Waals surface area contributed by atoms with Gasteiger partial charge in [0.05, 0.1) is 0 Å². The Kier molecular flexibility index (Phi) is 5.17. The van der Waals surface area contributed by atoms with E-state index in [1.807, 2.05) is 6.08 Å². The summed E-state index contributed by atoms with van der Waals surface area (Å²) in [6, 6.07) is 15.7. The first kappa shape index (κ1) is 13.8. The van der Waals surface area contributed by atoms with Crippen LogP contribution in [0.2, 0.25) is 0 Å². The molecule has 0 fully saturated rings. The van der Waals surface area contributed by atoms with Crippen LogP contribution in [0.5, 0.6) is 0 Å². The van der Waals surface area contributed by atoms with Crippen LogP contribution in [0.25, 0.3) is 10.8 Å². The zero-order chi connectivity index (χ0) is 13.5. The molecule has 100 valence electrons. The van der Waals surface area contributed by atoms with Crippen molar-refractivity contribution in [3.05, 3.63) is 60.7 Å². The van der Waals surface area contributed by atoms with Gasteiger partial charge in [0.15, 0.2) is 0 Å². The second kappa shape index (κ2) is 7.10. The number of fused-ring (bicyclic) bond motifs is 1. The maximum Gasteiger partial charge on any atom is 0.0142 e. The highest BCUT2D eigenvalue weighted by Gasteiger charge is 2.09. The summed E-state index contributed by atoms with van der Waals surface area (Å²) in [5, 5.41) is 6.31. The average Bonchev–Trinajstić information content (AvgIpc) is 2.45. The molecule has 0 aliphatic carbocycles. The summed E-state index contributed by atoms with van der Waals surface area (Å²) in [4.78, 5) is 0. The lowest BCUT2D eigenvalue weighted by molar-refractivity contribution is 0.513. The Morgan fingerprint density at radius 3 is 2.74 bits per heavy atom. The van der Waals surface area contributed by atoms with E-state index in [0.717, 1.165) is 19.4 Å². The Balaban J connectivity index is 2.20. The topological polar surface area (TPSA) is 12.0 Å². The summed E-state index contributed by atoms with van der Waals surface area (Å²) in [5.74, 6) is 0. The second-order valence-electron chi connectivity index (χ2n) is 5.02. The molecule has 2 rings (SSSR count). The molecule has 1 unspecified atom stereocenters. The molecule has 1 N–H and O–H groups in total. The van der Waals surface area contributed by atoms with Crippen molar-refractivity contribution in [1.82, 2.24) is 5.32 Å². The smallest absolute Gasteiger partial charge is 0.0142 e. The molecule has 0 spiro atoms. The summed E-state index contributed by atoms with van der Waals surface area (Å²) in [7, 11) is 0. The van der Waals surface area contributed by atoms with Crippen molar-refractivity contribution in [2.24, 2.45) is 0 Å². The first-order chi connectivity index (χ1) is 9.35. The van der Waals surface area contributed by atoms with Crippen LogP contribution in [-0.4, -0.2) is 12.6 Å². The van der Waals surface area contributed by atoms with Gasteiger partial charge in [-0.2, -0.15) is 0 Å². The highest BCUT2D eigenvalue weighted by molar-refractivity contribution is 5.85. The molecule has 0 saturated heterocycles. The number of hydrogen-bond donors (Lipinski definition) is 1. The Hall–Kier alpha value is -1.60. The van der Waals surface area contributed by atoms with Crippen molar-refractivity contribution in [2.75, 3.05) is 6.54 Å². The van der Waals surface area contributed by atoms with Gasteiger partial charge in [0, 0.05) is 6.04 Å². The lowest BCUT2D eigenvalue weighted by atomic mass is 9.97. The lowest BCUT2D eigenvalue weighted by Crippen LogP contribution is -2.31. The van der Waals surface area contributed by atoms with Gasteiger partial charge >= 0.3 is 0 Å². The minimum Gasteiger partial charge on any atom is -0.313 e. The van der Waals surface area contributed by atoms with Gasteiger partial charge in [0.2, 0.25) is 0 Å². The van der Waals surface area contributed by atoms with Crippen LogP contribution in [0.1, 0.15) is 25.3 Å². The van der Waals surface area contributed by atoms with Crippen molar-refractivity contribution >= 4 is 10.8 Å². The largest absolute Gasteiger partial charge is 0.313 e. The molecule has 1 atom stereocenters. The van der Waals surface area contributed by atoms with Crippen molar-refractivity contribution in [1.29, 1.82) is 0 Å². The predicted octanol–water partition coefficient (Wildman–Crippen LogP) is 4.33. The maximum atomic E-state index is 3.87. The van der Waals surface area contributed by atoms with Crippen molar-refractivity contribution < 1.29 is 0 Å². The summed E-state index contributed by atoms with van der Waals surface area (Å²) in [6.07, 6.45) is 5.26. The molecule has 0 aliphatic heterocycles. The highest BCUT2D eigenvalue weighted by atomic mass is 14.9. The molecule has 1 heteroatoms. The van der Waals surface area contributed by atoms with Gasteiger partial charge in [-0.1, -0.05) is 55.5 Å². The van der Waals surface area contributed by atoms with Crippen molar-refractivity contribution in [2.45, 2.75) is 32.2 Å². The van der Waals surface area contributed by atoms with Crippen molar-refractivity contribution in [3.8, 4) is 0 Å². The fourth-order valence-corrected chi connectivity index (χ4v) is 2.52. The highest BCUT2D eigenvalue weighted by Crippen LogP contribution is 2.20. The van der Waals surface area contributed by atoms with Crippen LogP contribution >= 0.6 is 0 Å². The lowest BCUT2D eigenvalue weighted by Gasteiger charge is -2.18. The monoisotopic (exact) mass is 253 g/mol. The molecule has 2 aromatic carbocycles. The molecule has 0 heterocycles. The normalized spacial score (nSPS) is 12.5. The van der Waals surface area contributed by atoms with E-state index in [9.17, 15) is 0 Å². The Bertz CT molecular complexity index is 525. The standard InChI is InChI=1S/C18H23N/c1-3-8-17(19-13-4-2)14-16-11-7-10-15-9-5-6-12-18(15)16/h3,5-7,9-12,17,19H,1,4,8,13-14H2,2H3. The molecular weight excluding hydrogens is 230 g/mol. The summed E-state index contributed by atoms with van der Waals surface area (Å²) in [5.41, 5.74) is 1.42. The van der Waals surface area contributed by atoms with Gasteiger partial charge < -0.3 is 5.32 Å². The predicted molar refractivity (Wildman–Crippen MR) is 84.5 cm³/mol. The zero-order valence-electron chi connectivity index (χ0n) is 11.7. The van der Waals surface area contributed by atoms with E-state index < -0.39 is 0 Å². The SMILES string of the molecule is C=CCC(Cc1cccc2ccccc12)NCCC. The van der Waals surface area contributed by atoms with E-state index in [-0.39, 0.29) is 0 Å². The van der Waals surface area contributed by atoms with Gasteiger partial charge in [-0.15, -0.1) is 6.58 Å². The van der Waals surface area contributed by atoms with E-state index >= 15 is 0 Å². The molecule has 2 aromatic rings. The van der Waals surface area contributed by atoms with Crippen LogP contribution in [0.3, 0.4) is 0 Å². The molecule has 0 aromatic heterocycles.